The summed E-state index contributed by atoms with van der Waals surface area (Å²) in [7, 11) is 0. The van der Waals surface area contributed by atoms with Gasteiger partial charge in [0.1, 0.15) is 12.7 Å². The molecule has 0 fully saturated rings. The lowest BCUT2D eigenvalue weighted by Crippen LogP contribution is -2.27. The molecule has 0 saturated carbocycles. The number of ether oxygens (including phenoxy) is 3. The van der Waals surface area contributed by atoms with Crippen LogP contribution < -0.4 is 0 Å². The van der Waals surface area contributed by atoms with E-state index in [1.807, 2.05) is 20.8 Å². The predicted molar refractivity (Wildman–Crippen MR) is 76.2 cm³/mol. The van der Waals surface area contributed by atoms with E-state index in [4.69, 9.17) is 14.2 Å². The van der Waals surface area contributed by atoms with Gasteiger partial charge in [0.15, 0.2) is 0 Å². The highest BCUT2D eigenvalue weighted by atomic mass is 16.6. The quantitative estimate of drug-likeness (QED) is 0.610. The van der Waals surface area contributed by atoms with E-state index in [9.17, 15) is 9.59 Å². The average molecular weight is 288 g/mol. The van der Waals surface area contributed by atoms with E-state index in [0.717, 1.165) is 0 Å². The van der Waals surface area contributed by atoms with Gasteiger partial charge in [-0.05, 0) is 19.8 Å². The normalized spacial score (nSPS) is 14.2. The summed E-state index contributed by atoms with van der Waals surface area (Å²) in [5.41, 5.74) is 0. The molecule has 2 atom stereocenters. The first-order valence-electron chi connectivity index (χ1n) is 7.20. The van der Waals surface area contributed by atoms with Crippen LogP contribution in [0.3, 0.4) is 0 Å². The zero-order valence-corrected chi connectivity index (χ0v) is 13.5. The third-order valence-electron chi connectivity index (χ3n) is 2.46. The van der Waals surface area contributed by atoms with Crippen LogP contribution in [0.4, 0.5) is 0 Å². The van der Waals surface area contributed by atoms with Crippen LogP contribution in [0.25, 0.3) is 0 Å². The van der Waals surface area contributed by atoms with Crippen molar-refractivity contribution in [1.82, 2.24) is 0 Å². The highest BCUT2D eigenvalue weighted by Crippen LogP contribution is 2.04. The fourth-order valence-electron chi connectivity index (χ4n) is 1.32. The molecule has 0 saturated heterocycles. The summed E-state index contributed by atoms with van der Waals surface area (Å²) in [5.74, 6) is -0.312. The molecule has 118 valence electrons. The van der Waals surface area contributed by atoms with E-state index in [1.54, 1.807) is 20.8 Å². The maximum atomic E-state index is 11.4. The summed E-state index contributed by atoms with van der Waals surface area (Å²) in [5, 5.41) is 0. The van der Waals surface area contributed by atoms with Crippen molar-refractivity contribution in [2.75, 3.05) is 13.2 Å². The summed E-state index contributed by atoms with van der Waals surface area (Å²) in [6.45, 7) is 11.6. The molecule has 0 aliphatic rings. The Balaban J connectivity index is 3.79. The molecule has 0 aromatic rings. The van der Waals surface area contributed by atoms with Crippen LogP contribution in [0, 0.1) is 11.8 Å². The number of rotatable bonds is 9. The van der Waals surface area contributed by atoms with Crippen LogP contribution >= 0.6 is 0 Å². The SMILES string of the molecule is CC(C)CC(=O)OCC(C)OCC(C)OC(=O)C(C)C. The van der Waals surface area contributed by atoms with Crippen molar-refractivity contribution in [2.45, 2.75) is 60.2 Å². The molecule has 0 heterocycles. The Kier molecular flexibility index (Phi) is 9.21. The minimum absolute atomic E-state index is 0.146. The van der Waals surface area contributed by atoms with Crippen molar-refractivity contribution in [1.29, 1.82) is 0 Å². The van der Waals surface area contributed by atoms with E-state index >= 15 is 0 Å². The second-order valence-electron chi connectivity index (χ2n) is 5.83. The molecule has 0 amide bonds. The molecule has 5 heteroatoms. The average Bonchev–Trinajstić information content (AvgIpc) is 2.32. The standard InChI is InChI=1S/C15H28O5/c1-10(2)7-14(16)19-8-12(5)18-9-13(6)20-15(17)11(3)4/h10-13H,7-9H2,1-6H3. The number of carbonyl (C=O) groups excluding carboxylic acids is 2. The van der Waals surface area contributed by atoms with Crippen LogP contribution in [0.15, 0.2) is 0 Å². The van der Waals surface area contributed by atoms with Crippen LogP contribution in [0.1, 0.15) is 48.0 Å². The molecule has 0 aromatic heterocycles. The molecule has 0 aliphatic heterocycles. The maximum absolute atomic E-state index is 11.4. The van der Waals surface area contributed by atoms with Gasteiger partial charge in [-0.15, -0.1) is 0 Å². The molecular weight excluding hydrogens is 260 g/mol. The number of esters is 2. The Bertz CT molecular complexity index is 299. The van der Waals surface area contributed by atoms with Crippen molar-refractivity contribution in [3.63, 3.8) is 0 Å². The molecular formula is C15H28O5. The van der Waals surface area contributed by atoms with Crippen LogP contribution in [0.5, 0.6) is 0 Å². The van der Waals surface area contributed by atoms with Crippen molar-refractivity contribution in [2.24, 2.45) is 11.8 Å². The van der Waals surface area contributed by atoms with E-state index in [1.165, 1.54) is 0 Å². The van der Waals surface area contributed by atoms with Gasteiger partial charge < -0.3 is 14.2 Å². The van der Waals surface area contributed by atoms with Gasteiger partial charge in [-0.25, -0.2) is 0 Å². The van der Waals surface area contributed by atoms with Crippen molar-refractivity contribution >= 4 is 11.9 Å². The number of hydrogen-bond donors (Lipinski definition) is 0. The first-order chi connectivity index (χ1) is 9.22. The third-order valence-corrected chi connectivity index (χ3v) is 2.46. The number of carbonyl (C=O) groups is 2. The summed E-state index contributed by atoms with van der Waals surface area (Å²) < 4.78 is 15.7. The molecule has 0 rings (SSSR count). The Morgan fingerprint density at radius 2 is 1.50 bits per heavy atom. The third kappa shape index (κ3) is 9.78. The molecule has 0 N–H and O–H groups in total. The van der Waals surface area contributed by atoms with Crippen LogP contribution in [-0.2, 0) is 23.8 Å². The minimum Gasteiger partial charge on any atom is -0.463 e. The van der Waals surface area contributed by atoms with Crippen molar-refractivity contribution in [3.8, 4) is 0 Å². The monoisotopic (exact) mass is 288 g/mol. The van der Waals surface area contributed by atoms with E-state index in [0.29, 0.717) is 13.0 Å². The minimum atomic E-state index is -0.307. The molecule has 0 radical (unpaired) electrons. The van der Waals surface area contributed by atoms with Gasteiger partial charge >= 0.3 is 11.9 Å². The predicted octanol–water partition coefficient (Wildman–Crippen LogP) is 2.57. The topological polar surface area (TPSA) is 61.8 Å². The first-order valence-corrected chi connectivity index (χ1v) is 7.20. The summed E-state index contributed by atoms with van der Waals surface area (Å²) in [4.78, 5) is 22.7. The lowest BCUT2D eigenvalue weighted by Gasteiger charge is -2.18. The Morgan fingerprint density at radius 3 is 2.00 bits per heavy atom. The summed E-state index contributed by atoms with van der Waals surface area (Å²) in [6.07, 6.45) is -0.111. The molecule has 0 bridgehead atoms. The Morgan fingerprint density at radius 1 is 0.900 bits per heavy atom. The van der Waals surface area contributed by atoms with Crippen molar-refractivity contribution < 1.29 is 23.8 Å². The lowest BCUT2D eigenvalue weighted by molar-refractivity contribution is -0.157. The molecule has 0 aliphatic carbocycles. The Hall–Kier alpha value is -1.10. The Labute approximate surface area is 122 Å². The first kappa shape index (κ1) is 18.9. The highest BCUT2D eigenvalue weighted by Gasteiger charge is 2.15. The second kappa shape index (κ2) is 9.75. The molecule has 5 nitrogen and oxygen atoms in total. The maximum Gasteiger partial charge on any atom is 0.308 e. The molecule has 0 aromatic carbocycles. The van der Waals surface area contributed by atoms with Gasteiger partial charge in [0.2, 0.25) is 0 Å². The summed E-state index contributed by atoms with van der Waals surface area (Å²) >= 11 is 0. The second-order valence-corrected chi connectivity index (χ2v) is 5.83. The van der Waals surface area contributed by atoms with Gasteiger partial charge in [-0.2, -0.15) is 0 Å². The van der Waals surface area contributed by atoms with Crippen LogP contribution in [0.2, 0.25) is 0 Å². The fourth-order valence-corrected chi connectivity index (χ4v) is 1.32. The van der Waals surface area contributed by atoms with Crippen molar-refractivity contribution in [3.05, 3.63) is 0 Å². The van der Waals surface area contributed by atoms with E-state index in [2.05, 4.69) is 0 Å². The number of hydrogen-bond acceptors (Lipinski definition) is 5. The summed E-state index contributed by atoms with van der Waals surface area (Å²) in [6, 6.07) is 0. The zero-order chi connectivity index (χ0) is 15.7. The largest absolute Gasteiger partial charge is 0.463 e. The van der Waals surface area contributed by atoms with Gasteiger partial charge in [0.25, 0.3) is 0 Å². The van der Waals surface area contributed by atoms with Gasteiger partial charge in [-0.1, -0.05) is 27.7 Å². The van der Waals surface area contributed by atoms with Gasteiger partial charge in [-0.3, -0.25) is 9.59 Å². The smallest absolute Gasteiger partial charge is 0.308 e. The van der Waals surface area contributed by atoms with E-state index < -0.39 is 0 Å². The lowest BCUT2D eigenvalue weighted by atomic mass is 10.1. The van der Waals surface area contributed by atoms with E-state index in [-0.39, 0.29) is 42.6 Å². The molecule has 2 unspecified atom stereocenters. The zero-order valence-electron chi connectivity index (χ0n) is 13.5. The molecule has 20 heavy (non-hydrogen) atoms. The fraction of sp³-hybridized carbons (Fsp3) is 0.867. The molecule has 0 spiro atoms. The van der Waals surface area contributed by atoms with Crippen LogP contribution in [-0.4, -0.2) is 37.4 Å². The van der Waals surface area contributed by atoms with Gasteiger partial charge in [0, 0.05) is 6.42 Å². The van der Waals surface area contributed by atoms with Gasteiger partial charge in [0.05, 0.1) is 18.6 Å². The highest BCUT2D eigenvalue weighted by molar-refractivity contribution is 5.71.